The Labute approximate surface area is 101 Å². The lowest BCUT2D eigenvalue weighted by atomic mass is 10.1. The second kappa shape index (κ2) is 4.64. The summed E-state index contributed by atoms with van der Waals surface area (Å²) >= 11 is 0. The van der Waals surface area contributed by atoms with E-state index in [4.69, 9.17) is 0 Å². The zero-order valence-electron chi connectivity index (χ0n) is 9.16. The van der Waals surface area contributed by atoms with Crippen molar-refractivity contribution in [1.82, 2.24) is 10.3 Å². The summed E-state index contributed by atoms with van der Waals surface area (Å²) in [5, 5.41) is 3.39. The summed E-state index contributed by atoms with van der Waals surface area (Å²) in [6, 6.07) is 8.91. The van der Waals surface area contributed by atoms with Crippen LogP contribution in [-0.2, 0) is 11.3 Å². The summed E-state index contributed by atoms with van der Waals surface area (Å²) in [4.78, 5) is 14.7. The van der Waals surface area contributed by atoms with Crippen molar-refractivity contribution < 1.29 is 18.0 Å². The van der Waals surface area contributed by atoms with Crippen LogP contribution in [0.2, 0.25) is 0 Å². The maximum Gasteiger partial charge on any atom is 0.471 e. The fraction of sp³-hybridized carbons (Fsp3) is 0.167. The number of carbonyl (C=O) groups excluding carboxylic acids is 1. The van der Waals surface area contributed by atoms with E-state index in [1.165, 1.54) is 6.20 Å². The van der Waals surface area contributed by atoms with Crippen molar-refractivity contribution in [2.24, 2.45) is 0 Å². The third-order valence-electron chi connectivity index (χ3n) is 2.43. The largest absolute Gasteiger partial charge is 0.471 e. The number of carbonyl (C=O) groups is 1. The number of halogens is 3. The van der Waals surface area contributed by atoms with Gasteiger partial charge in [-0.15, -0.1) is 0 Å². The Bertz CT molecular complexity index is 576. The number of hydrogen-bond donors (Lipinski definition) is 1. The molecule has 1 amide bonds. The Balaban J connectivity index is 2.20. The van der Waals surface area contributed by atoms with Crippen molar-refractivity contribution in [3.8, 4) is 0 Å². The van der Waals surface area contributed by atoms with Gasteiger partial charge in [0.15, 0.2) is 0 Å². The zero-order chi connectivity index (χ0) is 13.2. The average molecular weight is 254 g/mol. The van der Waals surface area contributed by atoms with E-state index in [1.807, 2.05) is 12.1 Å². The number of nitrogens with one attached hydrogen (secondary N) is 1. The van der Waals surface area contributed by atoms with Gasteiger partial charge in [0.2, 0.25) is 0 Å². The highest BCUT2D eigenvalue weighted by molar-refractivity contribution is 5.85. The average Bonchev–Trinajstić information content (AvgIpc) is 2.34. The molecule has 0 aliphatic heterocycles. The second-order valence-corrected chi connectivity index (χ2v) is 3.66. The third kappa shape index (κ3) is 2.58. The molecule has 0 saturated carbocycles. The number of rotatable bonds is 2. The summed E-state index contributed by atoms with van der Waals surface area (Å²) < 4.78 is 36.1. The van der Waals surface area contributed by atoms with Gasteiger partial charge in [-0.05, 0) is 11.5 Å². The van der Waals surface area contributed by atoms with Crippen LogP contribution in [0.1, 0.15) is 5.69 Å². The topological polar surface area (TPSA) is 42.0 Å². The van der Waals surface area contributed by atoms with Gasteiger partial charge in [0.25, 0.3) is 0 Å². The summed E-state index contributed by atoms with van der Waals surface area (Å²) in [6.45, 7) is -0.250. The highest BCUT2D eigenvalue weighted by atomic mass is 19.4. The standard InChI is InChI=1S/C12H9F3N2O/c13-12(14,15)11(18)17-7-10-9-4-2-1-3-8(9)5-6-16-10/h1-6H,7H2,(H,17,18). The number of aromatic nitrogens is 1. The molecule has 1 aromatic heterocycles. The van der Waals surface area contributed by atoms with Crippen LogP contribution in [0, 0.1) is 0 Å². The van der Waals surface area contributed by atoms with Crippen LogP contribution in [0.5, 0.6) is 0 Å². The van der Waals surface area contributed by atoms with Crippen LogP contribution in [-0.4, -0.2) is 17.1 Å². The Morgan fingerprint density at radius 3 is 2.67 bits per heavy atom. The molecule has 0 aliphatic rings. The van der Waals surface area contributed by atoms with E-state index in [0.29, 0.717) is 5.69 Å². The molecule has 1 N–H and O–H groups in total. The fourth-order valence-corrected chi connectivity index (χ4v) is 1.59. The number of nitrogens with zero attached hydrogens (tertiary/aromatic N) is 1. The SMILES string of the molecule is O=C(NCc1nccc2ccccc12)C(F)(F)F. The minimum absolute atomic E-state index is 0.250. The van der Waals surface area contributed by atoms with Crippen molar-refractivity contribution >= 4 is 16.7 Å². The second-order valence-electron chi connectivity index (χ2n) is 3.66. The molecule has 3 nitrogen and oxygen atoms in total. The third-order valence-corrected chi connectivity index (χ3v) is 2.43. The van der Waals surface area contributed by atoms with Crippen molar-refractivity contribution in [2.45, 2.75) is 12.7 Å². The van der Waals surface area contributed by atoms with E-state index in [0.717, 1.165) is 10.8 Å². The molecule has 0 atom stereocenters. The highest BCUT2D eigenvalue weighted by Gasteiger charge is 2.38. The molecule has 1 heterocycles. The molecular formula is C12H9F3N2O. The van der Waals surface area contributed by atoms with E-state index in [9.17, 15) is 18.0 Å². The van der Waals surface area contributed by atoms with Gasteiger partial charge in [-0.25, -0.2) is 0 Å². The van der Waals surface area contributed by atoms with Gasteiger partial charge >= 0.3 is 12.1 Å². The maximum absolute atomic E-state index is 12.0. The van der Waals surface area contributed by atoms with Crippen LogP contribution < -0.4 is 5.32 Å². The van der Waals surface area contributed by atoms with Crippen molar-refractivity contribution in [2.75, 3.05) is 0 Å². The summed E-state index contributed by atoms with van der Waals surface area (Å²) in [5.41, 5.74) is 0.408. The molecule has 0 saturated heterocycles. The fourth-order valence-electron chi connectivity index (χ4n) is 1.59. The number of benzene rings is 1. The minimum atomic E-state index is -4.87. The van der Waals surface area contributed by atoms with Crippen LogP contribution in [0.4, 0.5) is 13.2 Å². The lowest BCUT2D eigenvalue weighted by Gasteiger charge is -2.09. The summed E-state index contributed by atoms with van der Waals surface area (Å²) in [7, 11) is 0. The molecule has 2 rings (SSSR count). The van der Waals surface area contributed by atoms with E-state index in [-0.39, 0.29) is 6.54 Å². The van der Waals surface area contributed by atoms with E-state index in [1.54, 1.807) is 23.5 Å². The number of alkyl halides is 3. The zero-order valence-corrected chi connectivity index (χ0v) is 9.16. The molecule has 0 unspecified atom stereocenters. The van der Waals surface area contributed by atoms with Gasteiger partial charge in [-0.2, -0.15) is 13.2 Å². The first-order valence-corrected chi connectivity index (χ1v) is 5.16. The Kier molecular flexibility index (Phi) is 3.18. The number of fused-ring (bicyclic) bond motifs is 1. The maximum atomic E-state index is 12.0. The number of pyridine rings is 1. The molecule has 0 aliphatic carbocycles. The Morgan fingerprint density at radius 2 is 1.94 bits per heavy atom. The van der Waals surface area contributed by atoms with Crippen LogP contribution in [0.25, 0.3) is 10.8 Å². The van der Waals surface area contributed by atoms with Gasteiger partial charge in [0.05, 0.1) is 12.2 Å². The molecule has 18 heavy (non-hydrogen) atoms. The Morgan fingerprint density at radius 1 is 1.22 bits per heavy atom. The first kappa shape index (κ1) is 12.3. The monoisotopic (exact) mass is 254 g/mol. The molecule has 0 bridgehead atoms. The molecule has 1 aromatic carbocycles. The van der Waals surface area contributed by atoms with Gasteiger partial charge < -0.3 is 5.32 Å². The van der Waals surface area contributed by atoms with Crippen molar-refractivity contribution in [3.63, 3.8) is 0 Å². The number of amides is 1. The normalized spacial score (nSPS) is 11.5. The molecule has 2 aromatic rings. The summed E-state index contributed by atoms with van der Waals surface area (Å²) in [5.74, 6) is -1.96. The van der Waals surface area contributed by atoms with E-state index >= 15 is 0 Å². The molecular weight excluding hydrogens is 245 g/mol. The van der Waals surface area contributed by atoms with Gasteiger partial charge in [-0.3, -0.25) is 9.78 Å². The first-order valence-electron chi connectivity index (χ1n) is 5.16. The first-order chi connectivity index (χ1) is 8.48. The molecule has 94 valence electrons. The van der Waals surface area contributed by atoms with Crippen molar-refractivity contribution in [1.29, 1.82) is 0 Å². The van der Waals surface area contributed by atoms with Gasteiger partial charge in [-0.1, -0.05) is 24.3 Å². The highest BCUT2D eigenvalue weighted by Crippen LogP contribution is 2.17. The van der Waals surface area contributed by atoms with E-state index < -0.39 is 12.1 Å². The van der Waals surface area contributed by atoms with Gasteiger partial charge in [0.1, 0.15) is 0 Å². The van der Waals surface area contributed by atoms with Crippen LogP contribution in [0.15, 0.2) is 36.5 Å². The molecule has 0 radical (unpaired) electrons. The molecule has 0 fully saturated rings. The summed E-state index contributed by atoms with van der Waals surface area (Å²) in [6.07, 6.45) is -3.37. The molecule has 0 spiro atoms. The number of hydrogen-bond acceptors (Lipinski definition) is 2. The minimum Gasteiger partial charge on any atom is -0.343 e. The Hall–Kier alpha value is -2.11. The predicted octanol–water partition coefficient (Wildman–Crippen LogP) is 2.41. The van der Waals surface area contributed by atoms with E-state index in [2.05, 4.69) is 4.98 Å². The predicted molar refractivity (Wildman–Crippen MR) is 59.6 cm³/mol. The van der Waals surface area contributed by atoms with Crippen LogP contribution >= 0.6 is 0 Å². The lowest BCUT2D eigenvalue weighted by Crippen LogP contribution is -2.36. The van der Waals surface area contributed by atoms with Crippen LogP contribution in [0.3, 0.4) is 0 Å². The van der Waals surface area contributed by atoms with Crippen molar-refractivity contribution in [3.05, 3.63) is 42.2 Å². The smallest absolute Gasteiger partial charge is 0.343 e. The molecule has 6 heteroatoms. The quantitative estimate of drug-likeness (QED) is 0.894. The lowest BCUT2D eigenvalue weighted by molar-refractivity contribution is -0.173. The van der Waals surface area contributed by atoms with Gasteiger partial charge in [0, 0.05) is 11.6 Å².